The van der Waals surface area contributed by atoms with Crippen molar-refractivity contribution in [3.8, 4) is 11.8 Å². The largest absolute Gasteiger partial charge is 1.00 e. The molecule has 0 aliphatic rings. The highest BCUT2D eigenvalue weighted by Crippen LogP contribution is 2.40. The first kappa shape index (κ1) is 28.8. The molecule has 0 spiro atoms. The van der Waals surface area contributed by atoms with Gasteiger partial charge in [0.25, 0.3) is 0 Å². The molecule has 0 saturated carbocycles. The number of esters is 1. The topological polar surface area (TPSA) is 71.0 Å². The average molecular weight is 658 g/mol. The molecule has 0 unspecified atom stereocenters. The second-order valence-corrected chi connectivity index (χ2v) is 10.9. The predicted molar refractivity (Wildman–Crippen MR) is 144 cm³/mol. The van der Waals surface area contributed by atoms with Crippen LogP contribution in [0.3, 0.4) is 0 Å². The van der Waals surface area contributed by atoms with E-state index in [1.54, 1.807) is 43.0 Å². The van der Waals surface area contributed by atoms with E-state index in [0.29, 0.717) is 27.3 Å². The van der Waals surface area contributed by atoms with Crippen molar-refractivity contribution in [1.82, 2.24) is 0 Å². The zero-order chi connectivity index (χ0) is 25.5. The second-order valence-electron chi connectivity index (χ2n) is 7.74. The molecule has 0 aliphatic carbocycles. The molecular weight excluding hydrogens is 636 g/mol. The van der Waals surface area contributed by atoms with Gasteiger partial charge in [-0.25, -0.2) is 0 Å². The van der Waals surface area contributed by atoms with Crippen LogP contribution in [-0.4, -0.2) is 18.4 Å². The normalized spacial score (nSPS) is 10.3. The fraction of sp³-hybridized carbons (Fsp3) is 0.143. The molecule has 4 rings (SSSR count). The van der Waals surface area contributed by atoms with Gasteiger partial charge in [-0.05, 0) is 48.9 Å². The number of ketones is 1. The Morgan fingerprint density at radius 1 is 1.05 bits per heavy atom. The van der Waals surface area contributed by atoms with Gasteiger partial charge in [-0.1, -0.05) is 34.1 Å². The molecule has 37 heavy (non-hydrogen) atoms. The lowest BCUT2D eigenvalue weighted by atomic mass is 10.0. The molecule has 9 heteroatoms. The fourth-order valence-corrected chi connectivity index (χ4v) is 6.40. The molecule has 0 saturated heterocycles. The average Bonchev–Trinajstić information content (AvgIpc) is 3.26. The minimum absolute atomic E-state index is 0. The molecule has 4 aromatic rings. The van der Waals surface area contributed by atoms with Crippen molar-refractivity contribution in [2.24, 2.45) is 0 Å². The first-order valence-corrected chi connectivity index (χ1v) is 13.8. The maximum atomic E-state index is 13.7. The Morgan fingerprint density at radius 2 is 1.73 bits per heavy atom. The number of hydrogen-bond acceptors (Lipinski definition) is 6. The molecule has 188 valence electrons. The number of nitrogens with zero attached hydrogens (tertiary/aromatic N) is 2. The Bertz CT molecular complexity index is 1420. The minimum Gasteiger partial charge on any atom is -1.00 e. The summed E-state index contributed by atoms with van der Waals surface area (Å²) in [4.78, 5) is 26.8. The first-order chi connectivity index (χ1) is 17.5. The molecule has 0 aliphatic heterocycles. The zero-order valence-electron chi connectivity index (χ0n) is 19.8. The second kappa shape index (κ2) is 13.7. The van der Waals surface area contributed by atoms with Gasteiger partial charge in [-0.3, -0.25) is 9.59 Å². The zero-order valence-corrected chi connectivity index (χ0v) is 24.6. The van der Waals surface area contributed by atoms with Crippen LogP contribution in [0.25, 0.3) is 5.69 Å². The van der Waals surface area contributed by atoms with Gasteiger partial charge in [-0.15, -0.1) is 23.1 Å². The number of benzene rings is 2. The third kappa shape index (κ3) is 7.17. The highest BCUT2D eigenvalue weighted by atomic mass is 79.9. The molecule has 0 fully saturated rings. The summed E-state index contributed by atoms with van der Waals surface area (Å²) in [6.45, 7) is 2.04. The number of carbonyl (C=O) groups excluding carboxylic acids is 2. The van der Waals surface area contributed by atoms with Crippen molar-refractivity contribution in [3.63, 3.8) is 0 Å². The summed E-state index contributed by atoms with van der Waals surface area (Å²) < 4.78 is 9.02. The van der Waals surface area contributed by atoms with E-state index in [1.165, 1.54) is 11.3 Å². The van der Waals surface area contributed by atoms with Crippen molar-refractivity contribution in [2.75, 3.05) is 6.61 Å². The van der Waals surface area contributed by atoms with Crippen molar-refractivity contribution in [2.45, 2.75) is 23.3 Å². The SMILES string of the molecule is CCOC(=O)Cc1c(C(=O)c2ccc(Br)cc2)sc(SCc2ccc(C#N)cc2)c1-[n+]1ccccc1.[Br-]. The summed E-state index contributed by atoms with van der Waals surface area (Å²) >= 11 is 6.42. The lowest BCUT2D eigenvalue weighted by Crippen LogP contribution is -3.00. The number of halogens is 2. The highest BCUT2D eigenvalue weighted by Gasteiger charge is 2.31. The number of ether oxygens (including phenoxy) is 1. The molecule has 2 aromatic heterocycles. The van der Waals surface area contributed by atoms with Crippen LogP contribution in [0.4, 0.5) is 0 Å². The van der Waals surface area contributed by atoms with Gasteiger partial charge in [-0.2, -0.15) is 9.83 Å². The number of thioether (sulfide) groups is 1. The summed E-state index contributed by atoms with van der Waals surface area (Å²) in [5.41, 5.74) is 3.69. The van der Waals surface area contributed by atoms with Gasteiger partial charge in [0.05, 0.1) is 35.1 Å². The Hall–Kier alpha value is -2.77. The third-order valence-electron chi connectivity index (χ3n) is 5.31. The maximum absolute atomic E-state index is 13.7. The Morgan fingerprint density at radius 3 is 2.35 bits per heavy atom. The number of carbonyl (C=O) groups is 2. The first-order valence-electron chi connectivity index (χ1n) is 11.2. The monoisotopic (exact) mass is 656 g/mol. The maximum Gasteiger partial charge on any atom is 0.310 e. The lowest BCUT2D eigenvalue weighted by Gasteiger charge is -2.06. The molecule has 2 heterocycles. The van der Waals surface area contributed by atoms with E-state index >= 15 is 0 Å². The van der Waals surface area contributed by atoms with Crippen LogP contribution < -0.4 is 21.5 Å². The fourth-order valence-electron chi connectivity index (χ4n) is 3.60. The van der Waals surface area contributed by atoms with Gasteiger partial charge in [0.15, 0.2) is 12.4 Å². The van der Waals surface area contributed by atoms with E-state index in [2.05, 4.69) is 22.0 Å². The van der Waals surface area contributed by atoms with E-state index in [9.17, 15) is 9.59 Å². The molecule has 2 aromatic carbocycles. The molecule has 0 N–H and O–H groups in total. The van der Waals surface area contributed by atoms with Gasteiger partial charge >= 0.3 is 5.97 Å². The van der Waals surface area contributed by atoms with Crippen molar-refractivity contribution in [3.05, 3.63) is 111 Å². The molecule has 0 amide bonds. The minimum atomic E-state index is -0.374. The number of rotatable bonds is 9. The van der Waals surface area contributed by atoms with E-state index in [4.69, 9.17) is 10.00 Å². The Balaban J connectivity index is 0.00000380. The number of pyridine rings is 1. The summed E-state index contributed by atoms with van der Waals surface area (Å²) in [6, 6.07) is 22.6. The van der Waals surface area contributed by atoms with Crippen LogP contribution in [0.15, 0.2) is 87.8 Å². The molecule has 5 nitrogen and oxygen atoms in total. The number of aromatic nitrogens is 1. The number of nitriles is 1. The predicted octanol–water partition coefficient (Wildman–Crippen LogP) is 3.29. The van der Waals surface area contributed by atoms with Crippen LogP contribution in [0.2, 0.25) is 0 Å². The number of thiophene rings is 1. The van der Waals surface area contributed by atoms with E-state index in [-0.39, 0.29) is 41.8 Å². The molecular formula is C28H22Br2N2O3S2. The van der Waals surface area contributed by atoms with Crippen LogP contribution in [0.5, 0.6) is 0 Å². The Kier molecular flexibility index (Phi) is 10.6. The van der Waals surface area contributed by atoms with Gasteiger partial charge in [0, 0.05) is 27.9 Å². The van der Waals surface area contributed by atoms with Gasteiger partial charge < -0.3 is 21.7 Å². The van der Waals surface area contributed by atoms with Crippen molar-refractivity contribution < 1.29 is 35.9 Å². The lowest BCUT2D eigenvalue weighted by molar-refractivity contribution is -0.598. The van der Waals surface area contributed by atoms with Gasteiger partial charge in [0.2, 0.25) is 11.5 Å². The summed E-state index contributed by atoms with van der Waals surface area (Å²) in [7, 11) is 0. The summed E-state index contributed by atoms with van der Waals surface area (Å²) in [5, 5.41) is 9.07. The standard InChI is InChI=1S/C28H22BrN2O3S2.BrH/c1-2-34-24(32)16-23-25(31-14-4-3-5-15-31)28(35-18-20-8-6-19(17-30)7-9-20)36-27(23)26(33)21-10-12-22(29)13-11-21;/h3-15H,2,16,18H2,1H3;1H/q+1;/p-1. The van der Waals surface area contributed by atoms with E-state index in [1.807, 2.05) is 59.4 Å². The summed E-state index contributed by atoms with van der Waals surface area (Å²) in [6.07, 6.45) is 3.82. The van der Waals surface area contributed by atoms with Crippen LogP contribution >= 0.6 is 39.0 Å². The van der Waals surface area contributed by atoms with E-state index < -0.39 is 0 Å². The van der Waals surface area contributed by atoms with Crippen LogP contribution in [-0.2, 0) is 21.7 Å². The third-order valence-corrected chi connectivity index (χ3v) is 8.39. The Labute approximate surface area is 243 Å². The highest BCUT2D eigenvalue weighted by molar-refractivity contribution is 9.10. The van der Waals surface area contributed by atoms with Crippen molar-refractivity contribution in [1.29, 1.82) is 5.26 Å². The number of hydrogen-bond donors (Lipinski definition) is 0. The molecule has 0 radical (unpaired) electrons. The van der Waals surface area contributed by atoms with Crippen LogP contribution in [0.1, 0.15) is 38.8 Å². The molecule has 0 bridgehead atoms. The van der Waals surface area contributed by atoms with Crippen molar-refractivity contribution >= 4 is 50.8 Å². The van der Waals surface area contributed by atoms with Crippen LogP contribution in [0, 0.1) is 11.3 Å². The smallest absolute Gasteiger partial charge is 0.310 e. The van der Waals surface area contributed by atoms with E-state index in [0.717, 1.165) is 19.9 Å². The summed E-state index contributed by atoms with van der Waals surface area (Å²) in [5.74, 6) is 0.147. The van der Waals surface area contributed by atoms with Gasteiger partial charge in [0.1, 0.15) is 4.21 Å². The molecule has 0 atom stereocenters. The quantitative estimate of drug-likeness (QED) is 0.120.